The second-order valence-electron chi connectivity index (χ2n) is 3.61. The summed E-state index contributed by atoms with van der Waals surface area (Å²) in [5.74, 6) is 0.677. The van der Waals surface area contributed by atoms with Crippen LogP contribution in [0.1, 0.15) is 37.6 Å². The molecule has 1 heterocycles. The molecule has 1 unspecified atom stereocenters. The lowest BCUT2D eigenvalue weighted by Crippen LogP contribution is -2.23. The number of thiophene rings is 1. The highest BCUT2D eigenvalue weighted by molar-refractivity contribution is 9.10. The Balaban J connectivity index is 2.91. The Labute approximate surface area is 109 Å². The first-order chi connectivity index (χ1) is 7.13. The van der Waals surface area contributed by atoms with Gasteiger partial charge >= 0.3 is 0 Å². The van der Waals surface area contributed by atoms with Crippen LogP contribution in [0.5, 0.6) is 0 Å². The number of nitrogens with one attached hydrogen (secondary N) is 1. The van der Waals surface area contributed by atoms with Gasteiger partial charge in [0.25, 0.3) is 0 Å². The topological polar surface area (TPSA) is 12.0 Å². The molecule has 0 saturated carbocycles. The molecule has 0 saturated heterocycles. The third-order valence-electron chi connectivity index (χ3n) is 2.80. The lowest BCUT2D eigenvalue weighted by molar-refractivity contribution is 0.364. The van der Waals surface area contributed by atoms with Crippen molar-refractivity contribution in [1.82, 2.24) is 5.32 Å². The van der Waals surface area contributed by atoms with Crippen molar-refractivity contribution in [2.75, 3.05) is 7.05 Å². The monoisotopic (exact) mass is 309 g/mol. The predicted molar refractivity (Wildman–Crippen MR) is 72.9 cm³/mol. The van der Waals surface area contributed by atoms with E-state index in [1.807, 2.05) is 7.05 Å². The Morgan fingerprint density at radius 1 is 1.47 bits per heavy atom. The highest BCUT2D eigenvalue weighted by Crippen LogP contribution is 2.38. The first-order valence-corrected chi connectivity index (χ1v) is 7.24. The molecule has 0 bridgehead atoms. The van der Waals surface area contributed by atoms with Crippen LogP contribution in [0.25, 0.3) is 0 Å². The van der Waals surface area contributed by atoms with Crippen molar-refractivity contribution in [3.05, 3.63) is 19.8 Å². The Hall–Kier alpha value is 0.430. The van der Waals surface area contributed by atoms with Gasteiger partial charge in [-0.3, -0.25) is 0 Å². The molecule has 1 aromatic heterocycles. The summed E-state index contributed by atoms with van der Waals surface area (Å²) in [6.45, 7) is 4.48. The number of hydrogen-bond donors (Lipinski definition) is 1. The zero-order valence-electron chi connectivity index (χ0n) is 9.31. The minimum Gasteiger partial charge on any atom is -0.312 e. The van der Waals surface area contributed by atoms with Crippen LogP contribution in [0.3, 0.4) is 0 Å². The normalized spacial score (nSPS) is 13.5. The van der Waals surface area contributed by atoms with E-state index in [9.17, 15) is 0 Å². The molecular weight excluding hydrogens is 294 g/mol. The van der Waals surface area contributed by atoms with E-state index in [1.165, 1.54) is 17.7 Å². The molecule has 0 aromatic carbocycles. The minimum atomic E-state index is 0.425. The molecule has 0 amide bonds. The molecule has 1 aromatic rings. The molecule has 1 nitrogen and oxygen atoms in total. The quantitative estimate of drug-likeness (QED) is 0.819. The van der Waals surface area contributed by atoms with Gasteiger partial charge < -0.3 is 5.32 Å². The molecule has 1 rings (SSSR count). The third kappa shape index (κ3) is 3.19. The van der Waals surface area contributed by atoms with Gasteiger partial charge in [-0.2, -0.15) is 0 Å². The summed E-state index contributed by atoms with van der Waals surface area (Å²) >= 11 is 11.2. The largest absolute Gasteiger partial charge is 0.312 e. The van der Waals surface area contributed by atoms with Crippen molar-refractivity contribution in [2.24, 2.45) is 5.92 Å². The van der Waals surface area contributed by atoms with Gasteiger partial charge in [0.05, 0.1) is 0 Å². The van der Waals surface area contributed by atoms with Gasteiger partial charge in [0.2, 0.25) is 0 Å². The molecule has 0 radical (unpaired) electrons. The molecule has 1 atom stereocenters. The van der Waals surface area contributed by atoms with Crippen LogP contribution in [0.4, 0.5) is 0 Å². The van der Waals surface area contributed by atoms with Crippen LogP contribution in [0.2, 0.25) is 4.34 Å². The molecule has 86 valence electrons. The molecule has 0 aliphatic rings. The van der Waals surface area contributed by atoms with E-state index < -0.39 is 0 Å². The van der Waals surface area contributed by atoms with Crippen LogP contribution in [-0.4, -0.2) is 7.05 Å². The lowest BCUT2D eigenvalue weighted by atomic mass is 9.93. The molecule has 0 spiro atoms. The minimum absolute atomic E-state index is 0.425. The van der Waals surface area contributed by atoms with Crippen molar-refractivity contribution >= 4 is 38.9 Å². The van der Waals surface area contributed by atoms with E-state index in [-0.39, 0.29) is 0 Å². The highest BCUT2D eigenvalue weighted by atomic mass is 79.9. The first-order valence-electron chi connectivity index (χ1n) is 5.25. The zero-order valence-corrected chi connectivity index (χ0v) is 12.5. The van der Waals surface area contributed by atoms with Gasteiger partial charge in [0.1, 0.15) is 4.34 Å². The van der Waals surface area contributed by atoms with Gasteiger partial charge in [-0.25, -0.2) is 0 Å². The average Bonchev–Trinajstić information content (AvgIpc) is 2.55. The predicted octanol–water partition coefficient (Wildman–Crippen LogP) is 4.86. The zero-order chi connectivity index (χ0) is 11.4. The van der Waals surface area contributed by atoms with Crippen LogP contribution in [0, 0.1) is 5.92 Å². The molecule has 15 heavy (non-hydrogen) atoms. The van der Waals surface area contributed by atoms with Crippen molar-refractivity contribution in [1.29, 1.82) is 0 Å². The number of halogens is 2. The molecule has 4 heteroatoms. The second-order valence-corrected chi connectivity index (χ2v) is 6.15. The van der Waals surface area contributed by atoms with Gasteiger partial charge in [-0.15, -0.1) is 11.3 Å². The Kier molecular flexibility index (Phi) is 5.61. The standard InChI is InChI=1S/C11H17BrClNS/c1-4-7(5-2)10(14-3)9-6-8(12)11(13)15-9/h6-7,10,14H,4-5H2,1-3H3. The van der Waals surface area contributed by atoms with Crippen LogP contribution in [-0.2, 0) is 0 Å². The molecular formula is C11H17BrClNS. The molecule has 0 aliphatic carbocycles. The maximum Gasteiger partial charge on any atom is 0.107 e. The smallest absolute Gasteiger partial charge is 0.107 e. The Morgan fingerprint density at radius 2 is 2.07 bits per heavy atom. The van der Waals surface area contributed by atoms with Crippen molar-refractivity contribution in [3.63, 3.8) is 0 Å². The van der Waals surface area contributed by atoms with E-state index in [0.29, 0.717) is 12.0 Å². The van der Waals surface area contributed by atoms with Gasteiger partial charge in [-0.05, 0) is 35.0 Å². The summed E-state index contributed by atoms with van der Waals surface area (Å²) in [6, 6.07) is 2.56. The Bertz CT molecular complexity index is 290. The van der Waals surface area contributed by atoms with Crippen LogP contribution >= 0.6 is 38.9 Å². The van der Waals surface area contributed by atoms with E-state index in [1.54, 1.807) is 11.3 Å². The molecule has 1 N–H and O–H groups in total. The fraction of sp³-hybridized carbons (Fsp3) is 0.636. The van der Waals surface area contributed by atoms with E-state index >= 15 is 0 Å². The summed E-state index contributed by atoms with van der Waals surface area (Å²) in [4.78, 5) is 1.32. The summed E-state index contributed by atoms with van der Waals surface area (Å²) in [5.41, 5.74) is 0. The SMILES string of the molecule is CCC(CC)C(NC)c1cc(Br)c(Cl)s1. The first kappa shape index (κ1) is 13.5. The number of rotatable bonds is 5. The van der Waals surface area contributed by atoms with Crippen molar-refractivity contribution < 1.29 is 0 Å². The molecule has 0 aliphatic heterocycles. The maximum absolute atomic E-state index is 6.07. The maximum atomic E-state index is 6.07. The third-order valence-corrected chi connectivity index (χ3v) is 5.36. The van der Waals surface area contributed by atoms with E-state index in [4.69, 9.17) is 11.6 Å². The van der Waals surface area contributed by atoms with Crippen molar-refractivity contribution in [2.45, 2.75) is 32.7 Å². The summed E-state index contributed by atoms with van der Waals surface area (Å²) in [6.07, 6.45) is 2.38. The average molecular weight is 311 g/mol. The van der Waals surface area contributed by atoms with Gasteiger partial charge in [-0.1, -0.05) is 38.3 Å². The van der Waals surface area contributed by atoms with Crippen molar-refractivity contribution in [3.8, 4) is 0 Å². The summed E-state index contributed by atoms with van der Waals surface area (Å²) in [7, 11) is 2.02. The van der Waals surface area contributed by atoms with E-state index in [0.717, 1.165) is 8.81 Å². The summed E-state index contributed by atoms with van der Waals surface area (Å²) < 4.78 is 1.85. The van der Waals surface area contributed by atoms with E-state index in [2.05, 4.69) is 41.2 Å². The van der Waals surface area contributed by atoms with Gasteiger partial charge in [0, 0.05) is 15.4 Å². The van der Waals surface area contributed by atoms with Crippen LogP contribution < -0.4 is 5.32 Å². The highest BCUT2D eigenvalue weighted by Gasteiger charge is 2.21. The number of hydrogen-bond acceptors (Lipinski definition) is 2. The summed E-state index contributed by atoms with van der Waals surface area (Å²) in [5, 5.41) is 3.39. The fourth-order valence-electron chi connectivity index (χ4n) is 1.89. The lowest BCUT2D eigenvalue weighted by Gasteiger charge is -2.23. The van der Waals surface area contributed by atoms with Crippen LogP contribution in [0.15, 0.2) is 10.5 Å². The second kappa shape index (κ2) is 6.24. The molecule has 0 fully saturated rings. The fourth-order valence-corrected chi connectivity index (χ4v) is 3.83. The Morgan fingerprint density at radius 3 is 2.40 bits per heavy atom. The van der Waals surface area contributed by atoms with Gasteiger partial charge in [0.15, 0.2) is 0 Å².